The second-order valence-electron chi connectivity index (χ2n) is 6.89. The molecule has 2 aromatic rings. The number of anilines is 1. The van der Waals surface area contributed by atoms with Crippen LogP contribution >= 0.6 is 0 Å². The molecule has 0 N–H and O–H groups in total. The van der Waals surface area contributed by atoms with E-state index in [-0.39, 0.29) is 13.0 Å². The van der Waals surface area contributed by atoms with Crippen LogP contribution in [0.2, 0.25) is 0 Å². The maximum Gasteiger partial charge on any atom is 0.231 e. The Kier molecular flexibility index (Phi) is 3.31. The minimum absolute atomic E-state index is 0.150. The highest BCUT2D eigenvalue weighted by molar-refractivity contribution is 5.66. The normalized spacial score (nSPS) is 21.2. The highest BCUT2D eigenvalue weighted by Crippen LogP contribution is 2.51. The van der Waals surface area contributed by atoms with Gasteiger partial charge in [0.1, 0.15) is 6.17 Å². The molecule has 0 spiro atoms. The molecule has 3 aliphatic rings. The van der Waals surface area contributed by atoms with Crippen molar-refractivity contribution in [1.82, 2.24) is 4.90 Å². The Hall–Kier alpha value is -2.40. The Bertz CT molecular complexity index is 836. The average molecular weight is 338 g/mol. The molecule has 0 amide bonds. The zero-order chi connectivity index (χ0) is 17.0. The van der Waals surface area contributed by atoms with E-state index in [1.165, 1.54) is 22.4 Å². The van der Waals surface area contributed by atoms with Crippen LogP contribution in [-0.4, -0.2) is 38.9 Å². The molecule has 1 atom stereocenters. The quantitative estimate of drug-likeness (QED) is 0.841. The van der Waals surface area contributed by atoms with E-state index < -0.39 is 0 Å². The molecule has 0 saturated carbocycles. The molecule has 2 aromatic carbocycles. The van der Waals surface area contributed by atoms with E-state index >= 15 is 0 Å². The van der Waals surface area contributed by atoms with Crippen molar-refractivity contribution in [2.24, 2.45) is 0 Å². The number of hydrogen-bond acceptors (Lipinski definition) is 5. The van der Waals surface area contributed by atoms with Gasteiger partial charge in [0.15, 0.2) is 11.5 Å². The number of likely N-dealkylation sites (N-methyl/N-ethyl adjacent to an activating group) is 1. The minimum Gasteiger partial charge on any atom is -0.492 e. The second-order valence-corrected chi connectivity index (χ2v) is 6.89. The summed E-state index contributed by atoms with van der Waals surface area (Å²) in [4.78, 5) is 4.91. The second kappa shape index (κ2) is 5.56. The first-order valence-corrected chi connectivity index (χ1v) is 8.82. The number of para-hydroxylation sites is 1. The summed E-state index contributed by atoms with van der Waals surface area (Å²) in [6.07, 6.45) is 2.23. The molecule has 0 saturated heterocycles. The minimum atomic E-state index is 0.150. The molecule has 0 fully saturated rings. The lowest BCUT2D eigenvalue weighted by Crippen LogP contribution is -2.43. The van der Waals surface area contributed by atoms with Gasteiger partial charge in [-0.2, -0.15) is 0 Å². The smallest absolute Gasteiger partial charge is 0.231 e. The fourth-order valence-electron chi connectivity index (χ4n) is 4.42. The standard InChI is InChI=1S/C20H22N2O3/c1-21-9-7-14-11-16-18(25-12-24-16)19(23-2)17(14)20(21)22-10-8-13-5-3-4-6-15(13)22/h3-6,11,20H,7-10,12H2,1-2H3/t20-/m1/s1. The van der Waals surface area contributed by atoms with Gasteiger partial charge in [-0.25, -0.2) is 0 Å². The van der Waals surface area contributed by atoms with E-state index in [1.54, 1.807) is 7.11 Å². The van der Waals surface area contributed by atoms with Crippen molar-refractivity contribution in [3.63, 3.8) is 0 Å². The van der Waals surface area contributed by atoms with Crippen molar-refractivity contribution in [1.29, 1.82) is 0 Å². The number of methoxy groups -OCH3 is 1. The molecule has 5 nitrogen and oxygen atoms in total. The Balaban J connectivity index is 1.68. The SMILES string of the molecule is COc1c2c(cc3c1[C@@H](N1CCc4ccccc41)N(C)CC3)OCO2. The molecule has 0 radical (unpaired) electrons. The summed E-state index contributed by atoms with van der Waals surface area (Å²) < 4.78 is 17.2. The molecule has 0 aliphatic carbocycles. The highest BCUT2D eigenvalue weighted by Gasteiger charge is 2.38. The number of ether oxygens (including phenoxy) is 3. The molecular formula is C20H22N2O3. The van der Waals surface area contributed by atoms with Crippen molar-refractivity contribution in [3.8, 4) is 17.2 Å². The molecular weight excluding hydrogens is 316 g/mol. The fraction of sp³-hybridized carbons (Fsp3) is 0.400. The number of fused-ring (bicyclic) bond motifs is 3. The van der Waals surface area contributed by atoms with Gasteiger partial charge in [-0.3, -0.25) is 4.90 Å². The molecule has 5 heteroatoms. The Morgan fingerprint density at radius 2 is 1.92 bits per heavy atom. The van der Waals surface area contributed by atoms with Gasteiger partial charge in [0.2, 0.25) is 12.5 Å². The van der Waals surface area contributed by atoms with Gasteiger partial charge >= 0.3 is 0 Å². The molecule has 0 aromatic heterocycles. The zero-order valence-corrected chi connectivity index (χ0v) is 14.6. The van der Waals surface area contributed by atoms with E-state index in [2.05, 4.69) is 47.2 Å². The number of hydrogen-bond donors (Lipinski definition) is 0. The monoisotopic (exact) mass is 338 g/mol. The van der Waals surface area contributed by atoms with E-state index in [0.717, 1.165) is 43.2 Å². The van der Waals surface area contributed by atoms with Crippen LogP contribution in [0.4, 0.5) is 5.69 Å². The summed E-state index contributed by atoms with van der Waals surface area (Å²) >= 11 is 0. The van der Waals surface area contributed by atoms with Crippen molar-refractivity contribution >= 4 is 5.69 Å². The number of nitrogens with zero attached hydrogens (tertiary/aromatic N) is 2. The summed E-state index contributed by atoms with van der Waals surface area (Å²) in [6.45, 7) is 2.30. The number of rotatable bonds is 2. The molecule has 25 heavy (non-hydrogen) atoms. The Morgan fingerprint density at radius 3 is 2.80 bits per heavy atom. The van der Waals surface area contributed by atoms with Crippen LogP contribution in [-0.2, 0) is 12.8 Å². The largest absolute Gasteiger partial charge is 0.492 e. The summed E-state index contributed by atoms with van der Waals surface area (Å²) in [5.41, 5.74) is 5.26. The first kappa shape index (κ1) is 14.9. The first-order valence-electron chi connectivity index (χ1n) is 8.82. The van der Waals surface area contributed by atoms with Gasteiger partial charge in [0, 0.05) is 24.3 Å². The summed E-state index contributed by atoms with van der Waals surface area (Å²) in [5.74, 6) is 2.38. The molecule has 130 valence electrons. The maximum atomic E-state index is 5.82. The van der Waals surface area contributed by atoms with Crippen LogP contribution in [0.15, 0.2) is 30.3 Å². The Morgan fingerprint density at radius 1 is 1.08 bits per heavy atom. The third-order valence-electron chi connectivity index (χ3n) is 5.58. The van der Waals surface area contributed by atoms with Crippen LogP contribution in [0.5, 0.6) is 17.2 Å². The van der Waals surface area contributed by atoms with Gasteiger partial charge < -0.3 is 19.1 Å². The predicted octanol–water partition coefficient (Wildman–Crippen LogP) is 2.97. The molecule has 0 bridgehead atoms. The van der Waals surface area contributed by atoms with E-state index in [0.29, 0.717) is 0 Å². The summed E-state index contributed by atoms with van der Waals surface area (Å²) in [6, 6.07) is 10.8. The lowest BCUT2D eigenvalue weighted by atomic mass is 9.94. The van der Waals surface area contributed by atoms with Crippen LogP contribution in [0.25, 0.3) is 0 Å². The number of benzene rings is 2. The van der Waals surface area contributed by atoms with Crippen LogP contribution in [0.1, 0.15) is 22.9 Å². The van der Waals surface area contributed by atoms with Crippen molar-refractivity contribution in [2.75, 3.05) is 38.9 Å². The summed E-state index contributed by atoms with van der Waals surface area (Å²) in [5, 5.41) is 0. The van der Waals surface area contributed by atoms with Crippen LogP contribution in [0.3, 0.4) is 0 Å². The van der Waals surface area contributed by atoms with E-state index in [4.69, 9.17) is 14.2 Å². The third kappa shape index (κ3) is 2.12. The van der Waals surface area contributed by atoms with Gasteiger partial charge in [0.25, 0.3) is 0 Å². The van der Waals surface area contributed by atoms with Crippen molar-refractivity contribution in [3.05, 3.63) is 47.0 Å². The highest BCUT2D eigenvalue weighted by atomic mass is 16.7. The fourth-order valence-corrected chi connectivity index (χ4v) is 4.42. The molecule has 3 heterocycles. The van der Waals surface area contributed by atoms with E-state index in [1.807, 2.05) is 0 Å². The topological polar surface area (TPSA) is 34.2 Å². The van der Waals surface area contributed by atoms with Gasteiger partial charge in [-0.1, -0.05) is 18.2 Å². The van der Waals surface area contributed by atoms with Gasteiger partial charge in [-0.05, 0) is 43.1 Å². The van der Waals surface area contributed by atoms with Crippen LogP contribution < -0.4 is 19.1 Å². The van der Waals surface area contributed by atoms with Crippen molar-refractivity contribution < 1.29 is 14.2 Å². The third-order valence-corrected chi connectivity index (χ3v) is 5.58. The molecule has 5 rings (SSSR count). The van der Waals surface area contributed by atoms with Gasteiger partial charge in [-0.15, -0.1) is 0 Å². The molecule has 3 aliphatic heterocycles. The lowest BCUT2D eigenvalue weighted by molar-refractivity contribution is 0.170. The maximum absolute atomic E-state index is 5.82. The summed E-state index contributed by atoms with van der Waals surface area (Å²) in [7, 11) is 3.92. The van der Waals surface area contributed by atoms with E-state index in [9.17, 15) is 0 Å². The predicted molar refractivity (Wildman–Crippen MR) is 95.7 cm³/mol. The first-order chi connectivity index (χ1) is 12.3. The molecule has 0 unspecified atom stereocenters. The zero-order valence-electron chi connectivity index (χ0n) is 14.6. The average Bonchev–Trinajstić information content (AvgIpc) is 3.26. The Labute approximate surface area is 147 Å². The van der Waals surface area contributed by atoms with Crippen LogP contribution in [0, 0.1) is 0 Å². The van der Waals surface area contributed by atoms with Gasteiger partial charge in [0.05, 0.1) is 7.11 Å². The van der Waals surface area contributed by atoms with Crippen molar-refractivity contribution in [2.45, 2.75) is 19.0 Å². The lowest BCUT2D eigenvalue weighted by Gasteiger charge is -2.42.